The lowest BCUT2D eigenvalue weighted by molar-refractivity contribution is -0.123. The molecule has 134 valence electrons. The first kappa shape index (κ1) is 18.7. The minimum absolute atomic E-state index is 0.148. The Morgan fingerprint density at radius 3 is 2.42 bits per heavy atom. The molecule has 3 rings (SSSR count). The number of hydrogen-bond acceptors (Lipinski definition) is 5. The summed E-state index contributed by atoms with van der Waals surface area (Å²) in [7, 11) is -3.28. The second-order valence-electron chi connectivity index (χ2n) is 5.74. The quantitative estimate of drug-likeness (QED) is 0.717. The Labute approximate surface area is 160 Å². The van der Waals surface area contributed by atoms with Crippen LogP contribution in [0.4, 0.5) is 4.79 Å². The molecule has 2 amide bonds. The summed E-state index contributed by atoms with van der Waals surface area (Å²) in [5, 5.41) is 0.185. The summed E-state index contributed by atoms with van der Waals surface area (Å²) in [6.07, 6.45) is 2.71. The van der Waals surface area contributed by atoms with Gasteiger partial charge in [-0.15, -0.1) is 0 Å². The molecule has 0 unspecified atom stereocenters. The third-order valence-corrected chi connectivity index (χ3v) is 5.98. The number of nitrogens with zero attached hydrogens (tertiary/aromatic N) is 1. The van der Waals surface area contributed by atoms with Crippen LogP contribution in [0.15, 0.2) is 58.3 Å². The van der Waals surface area contributed by atoms with Crippen molar-refractivity contribution in [2.45, 2.75) is 11.4 Å². The van der Waals surface area contributed by atoms with E-state index >= 15 is 0 Å². The molecule has 26 heavy (non-hydrogen) atoms. The lowest BCUT2D eigenvalue weighted by Crippen LogP contribution is -2.27. The van der Waals surface area contributed by atoms with Crippen molar-refractivity contribution in [1.29, 1.82) is 0 Å². The molecule has 1 fully saturated rings. The van der Waals surface area contributed by atoms with Crippen LogP contribution >= 0.6 is 23.4 Å². The Bertz CT molecular complexity index is 1010. The molecule has 1 aliphatic heterocycles. The fourth-order valence-electron chi connectivity index (χ4n) is 2.42. The second-order valence-corrected chi connectivity index (χ2v) is 9.18. The first-order valence-corrected chi connectivity index (χ1v) is 10.6. The monoisotopic (exact) mass is 407 g/mol. The summed E-state index contributed by atoms with van der Waals surface area (Å²) in [6.45, 7) is 0.148. The normalized spacial score (nSPS) is 16.5. The first-order valence-electron chi connectivity index (χ1n) is 7.54. The molecule has 0 saturated carbocycles. The summed E-state index contributed by atoms with van der Waals surface area (Å²) in [5.41, 5.74) is 1.41. The molecule has 1 aliphatic rings. The van der Waals surface area contributed by atoms with E-state index in [1.54, 1.807) is 42.5 Å². The third-order valence-electron chi connectivity index (χ3n) is 3.71. The Balaban J connectivity index is 1.81. The van der Waals surface area contributed by atoms with E-state index in [1.807, 2.05) is 0 Å². The van der Waals surface area contributed by atoms with Gasteiger partial charge in [-0.3, -0.25) is 14.5 Å². The highest BCUT2D eigenvalue weighted by atomic mass is 35.5. The molecule has 0 bridgehead atoms. The van der Waals surface area contributed by atoms with Gasteiger partial charge in [-0.25, -0.2) is 8.42 Å². The standard InChI is InChI=1S/C18H14ClNO4S2/c1-26(23,24)15-7-5-12(6-8-15)10-16-17(21)20(18(22)25-16)11-13-3-2-4-14(19)9-13/h2-10H,11H2,1H3/b16-10-. The first-order chi connectivity index (χ1) is 12.2. The minimum Gasteiger partial charge on any atom is -0.268 e. The molecule has 0 N–H and O–H groups in total. The smallest absolute Gasteiger partial charge is 0.268 e. The maximum absolute atomic E-state index is 12.5. The summed E-state index contributed by atoms with van der Waals surface area (Å²) in [4.78, 5) is 26.4. The van der Waals surface area contributed by atoms with Gasteiger partial charge in [-0.05, 0) is 53.2 Å². The number of rotatable bonds is 4. The van der Waals surface area contributed by atoms with E-state index < -0.39 is 9.84 Å². The SMILES string of the molecule is CS(=O)(=O)c1ccc(/C=C2\SC(=O)N(Cc3cccc(Cl)c3)C2=O)cc1. The highest BCUT2D eigenvalue weighted by molar-refractivity contribution is 8.18. The molecule has 5 nitrogen and oxygen atoms in total. The maximum Gasteiger partial charge on any atom is 0.293 e. The predicted octanol–water partition coefficient (Wildman–Crippen LogP) is 3.98. The van der Waals surface area contributed by atoms with Crippen molar-refractivity contribution in [2.24, 2.45) is 0 Å². The second kappa shape index (κ2) is 7.26. The largest absolute Gasteiger partial charge is 0.293 e. The molecule has 0 spiro atoms. The van der Waals surface area contributed by atoms with Gasteiger partial charge >= 0.3 is 0 Å². The minimum atomic E-state index is -3.28. The van der Waals surface area contributed by atoms with Crippen molar-refractivity contribution in [3.63, 3.8) is 0 Å². The fraction of sp³-hybridized carbons (Fsp3) is 0.111. The van der Waals surface area contributed by atoms with Gasteiger partial charge in [0.15, 0.2) is 9.84 Å². The van der Waals surface area contributed by atoms with Crippen LogP contribution in [0.1, 0.15) is 11.1 Å². The number of hydrogen-bond donors (Lipinski definition) is 0. The van der Waals surface area contributed by atoms with Crippen molar-refractivity contribution in [1.82, 2.24) is 4.90 Å². The number of benzene rings is 2. The Morgan fingerprint density at radius 2 is 1.81 bits per heavy atom. The van der Waals surface area contributed by atoms with Gasteiger partial charge < -0.3 is 0 Å². The van der Waals surface area contributed by atoms with Gasteiger partial charge in [0.05, 0.1) is 16.3 Å². The van der Waals surface area contributed by atoms with Gasteiger partial charge in [-0.1, -0.05) is 35.9 Å². The number of imide groups is 1. The molecule has 2 aromatic rings. The third kappa shape index (κ3) is 4.17. The van der Waals surface area contributed by atoms with E-state index in [2.05, 4.69) is 0 Å². The van der Waals surface area contributed by atoms with E-state index in [-0.39, 0.29) is 22.6 Å². The zero-order valence-corrected chi connectivity index (χ0v) is 16.1. The lowest BCUT2D eigenvalue weighted by Gasteiger charge is -2.12. The number of amides is 2. The number of halogens is 1. The molecule has 8 heteroatoms. The lowest BCUT2D eigenvalue weighted by atomic mass is 10.2. The number of carbonyl (C=O) groups is 2. The van der Waals surface area contributed by atoms with Crippen LogP contribution in [0.5, 0.6) is 0 Å². The summed E-state index contributed by atoms with van der Waals surface area (Å²) >= 11 is 6.79. The summed E-state index contributed by atoms with van der Waals surface area (Å²) < 4.78 is 23.0. The van der Waals surface area contributed by atoms with Crippen molar-refractivity contribution in [2.75, 3.05) is 6.26 Å². The number of sulfone groups is 1. The molecular formula is C18H14ClNO4S2. The van der Waals surface area contributed by atoms with Crippen LogP contribution < -0.4 is 0 Å². The van der Waals surface area contributed by atoms with Crippen molar-refractivity contribution in [3.8, 4) is 0 Å². The average Bonchev–Trinajstić information content (AvgIpc) is 2.82. The van der Waals surface area contributed by atoms with Gasteiger partial charge in [-0.2, -0.15) is 0 Å². The maximum atomic E-state index is 12.5. The number of carbonyl (C=O) groups excluding carboxylic acids is 2. The highest BCUT2D eigenvalue weighted by Gasteiger charge is 2.34. The Kier molecular flexibility index (Phi) is 5.22. The molecule has 0 atom stereocenters. The summed E-state index contributed by atoms with van der Waals surface area (Å²) in [5.74, 6) is -0.382. The highest BCUT2D eigenvalue weighted by Crippen LogP contribution is 2.33. The van der Waals surface area contributed by atoms with Gasteiger partial charge in [0, 0.05) is 11.3 Å². The fourth-order valence-corrected chi connectivity index (χ4v) is 4.10. The van der Waals surface area contributed by atoms with Crippen LogP contribution in [0, 0.1) is 0 Å². The van der Waals surface area contributed by atoms with E-state index in [9.17, 15) is 18.0 Å². The van der Waals surface area contributed by atoms with Crippen molar-refractivity contribution >= 4 is 50.4 Å². The van der Waals surface area contributed by atoms with Gasteiger partial charge in [0.2, 0.25) is 0 Å². The Hall–Kier alpha value is -2.09. The van der Waals surface area contributed by atoms with Crippen molar-refractivity contribution < 1.29 is 18.0 Å². The number of thioether (sulfide) groups is 1. The zero-order chi connectivity index (χ0) is 18.9. The van der Waals surface area contributed by atoms with Gasteiger partial charge in [0.25, 0.3) is 11.1 Å². The van der Waals surface area contributed by atoms with Crippen LogP contribution in [0.2, 0.25) is 5.02 Å². The van der Waals surface area contributed by atoms with Crippen LogP contribution in [0.25, 0.3) is 6.08 Å². The zero-order valence-electron chi connectivity index (χ0n) is 13.7. The van der Waals surface area contributed by atoms with Crippen molar-refractivity contribution in [3.05, 3.63) is 69.6 Å². The average molecular weight is 408 g/mol. The summed E-state index contributed by atoms with van der Waals surface area (Å²) in [6, 6.07) is 13.1. The van der Waals surface area contributed by atoms with Crippen LogP contribution in [0.3, 0.4) is 0 Å². The topological polar surface area (TPSA) is 71.5 Å². The predicted molar refractivity (Wildman–Crippen MR) is 103 cm³/mol. The van der Waals surface area contributed by atoms with Crippen LogP contribution in [-0.4, -0.2) is 30.7 Å². The van der Waals surface area contributed by atoms with E-state index in [1.165, 1.54) is 12.1 Å². The Morgan fingerprint density at radius 1 is 1.12 bits per heavy atom. The van der Waals surface area contributed by atoms with Crippen LogP contribution in [-0.2, 0) is 21.2 Å². The molecule has 2 aromatic carbocycles. The van der Waals surface area contributed by atoms with E-state index in [0.29, 0.717) is 15.5 Å². The molecule has 1 heterocycles. The van der Waals surface area contributed by atoms with Gasteiger partial charge in [0.1, 0.15) is 0 Å². The molecule has 0 radical (unpaired) electrons. The van der Waals surface area contributed by atoms with E-state index in [0.717, 1.165) is 28.5 Å². The molecule has 0 aromatic heterocycles. The molecule has 1 saturated heterocycles. The molecule has 0 aliphatic carbocycles. The van der Waals surface area contributed by atoms with E-state index in [4.69, 9.17) is 11.6 Å². The molecular weight excluding hydrogens is 394 g/mol.